The van der Waals surface area contributed by atoms with Gasteiger partial charge in [0.1, 0.15) is 0 Å². The van der Waals surface area contributed by atoms with Gasteiger partial charge in [0.05, 0.1) is 39.0 Å². The third-order valence-corrected chi connectivity index (χ3v) is 29.1. The van der Waals surface area contributed by atoms with Crippen molar-refractivity contribution >= 4 is 34.1 Å². The molecule has 0 atom stereocenters. The molecule has 22 rings (SSSR count). The van der Waals surface area contributed by atoms with Crippen LogP contribution in [-0.2, 0) is 39.9 Å². The van der Waals surface area contributed by atoms with Gasteiger partial charge < -0.3 is 9.80 Å². The van der Waals surface area contributed by atoms with Gasteiger partial charge in [-0.25, -0.2) is 0 Å². The van der Waals surface area contributed by atoms with Crippen molar-refractivity contribution in [3.05, 3.63) is 483 Å². The number of fused-ring (bicyclic) bond motifs is 20. The molecule has 616 valence electrons. The van der Waals surface area contributed by atoms with Gasteiger partial charge in [0.2, 0.25) is 0 Å². The highest BCUT2D eigenvalue weighted by Crippen LogP contribution is 2.67. The zero-order valence-corrected chi connectivity index (χ0v) is 75.8. The van der Waals surface area contributed by atoms with Crippen LogP contribution in [0, 0.1) is 69.2 Å². The third kappa shape index (κ3) is 12.7. The standard InChI is InChI=1S/C79H76N2.C27H20.C17H18/c1-11-13-15-57-27-39-63(40-28-57)80-73-43-25-55(7)45-69(73)78(59-31-17-51(3)18-32-59,60-33-19-52(4)20-34-60)71-47-65-66-48-72-76(50-68(66)77(9,10)67(65)49-75(71)80)81(64-41-29-58(30-42-64)16-14-12-2)74-44-26-56(8)46-70(74)79(72,61-35-21-53(5)22-36-61)62-37-23-54(6)24-38-62;1-17-11-13-21-22-14-12-18(2)16-26(22)27(25(21)15-17)23-9-5-3-7-19(23)20-8-4-6-10-24(20)27;1-11-5-7-13-14-8-6-12(2)10-16(14)17(3,4)15(13)9-11/h17-50H,11-16H2,1-10H3;3-16H,1-2H3;5-10H,1-4H3. The lowest BCUT2D eigenvalue weighted by Gasteiger charge is -2.47. The summed E-state index contributed by atoms with van der Waals surface area (Å²) in [6.07, 6.45) is 6.88. The second-order valence-corrected chi connectivity index (χ2v) is 38.3. The van der Waals surface area contributed by atoms with Crippen LogP contribution in [0.4, 0.5) is 34.1 Å². The third-order valence-electron chi connectivity index (χ3n) is 29.1. The van der Waals surface area contributed by atoms with E-state index in [2.05, 4.69) is 448 Å². The minimum absolute atomic E-state index is 0.142. The highest BCUT2D eigenvalue weighted by molar-refractivity contribution is 6.00. The van der Waals surface area contributed by atoms with Crippen LogP contribution in [-0.4, -0.2) is 0 Å². The summed E-state index contributed by atoms with van der Waals surface area (Å²) in [5.41, 5.74) is 53.5. The van der Waals surface area contributed by atoms with E-state index in [1.54, 1.807) is 0 Å². The van der Waals surface area contributed by atoms with E-state index in [1.165, 1.54) is 260 Å². The van der Waals surface area contributed by atoms with E-state index >= 15 is 0 Å². The molecule has 0 unspecified atom stereocenters. The molecule has 16 aromatic carbocycles. The number of aryl methyl sites for hydroxylation is 12. The monoisotopic (exact) mass is 1620 g/mol. The first-order chi connectivity index (χ1) is 60.5. The molecule has 1 spiro atoms. The molecule has 2 heterocycles. The Bertz CT molecular complexity index is 6430. The van der Waals surface area contributed by atoms with Crippen molar-refractivity contribution in [3.8, 4) is 44.5 Å². The molecular formula is C123H114N2. The van der Waals surface area contributed by atoms with Crippen LogP contribution in [0.1, 0.15) is 223 Å². The second-order valence-electron chi connectivity index (χ2n) is 38.3. The molecule has 0 N–H and O–H groups in total. The zero-order chi connectivity index (χ0) is 86.3. The zero-order valence-electron chi connectivity index (χ0n) is 75.8. The van der Waals surface area contributed by atoms with Crippen LogP contribution in [0.3, 0.4) is 0 Å². The summed E-state index contributed by atoms with van der Waals surface area (Å²) in [5, 5.41) is 0. The smallest absolute Gasteiger partial charge is 0.0742 e. The van der Waals surface area contributed by atoms with Gasteiger partial charge in [-0.05, 0) is 300 Å². The number of hydrogen-bond acceptors (Lipinski definition) is 2. The molecule has 0 aromatic heterocycles. The fraction of sp³-hybridized carbons (Fsp3) is 0.220. The van der Waals surface area contributed by atoms with Crippen LogP contribution in [0.2, 0.25) is 0 Å². The van der Waals surface area contributed by atoms with Crippen molar-refractivity contribution in [1.29, 1.82) is 0 Å². The van der Waals surface area contributed by atoms with Gasteiger partial charge in [-0.1, -0.05) is 377 Å². The van der Waals surface area contributed by atoms with Gasteiger partial charge in [-0.15, -0.1) is 0 Å². The van der Waals surface area contributed by atoms with Gasteiger partial charge >= 0.3 is 0 Å². The summed E-state index contributed by atoms with van der Waals surface area (Å²) in [7, 11) is 0. The molecule has 16 aromatic rings. The van der Waals surface area contributed by atoms with Gasteiger partial charge in [0.15, 0.2) is 0 Å². The predicted molar refractivity (Wildman–Crippen MR) is 528 cm³/mol. The van der Waals surface area contributed by atoms with E-state index in [-0.39, 0.29) is 16.2 Å². The van der Waals surface area contributed by atoms with Crippen LogP contribution in [0.25, 0.3) is 44.5 Å². The van der Waals surface area contributed by atoms with Crippen LogP contribution >= 0.6 is 0 Å². The second kappa shape index (κ2) is 30.8. The Morgan fingerprint density at radius 2 is 0.456 bits per heavy atom. The summed E-state index contributed by atoms with van der Waals surface area (Å²) in [5.74, 6) is 0. The molecule has 4 aliphatic carbocycles. The van der Waals surface area contributed by atoms with Crippen LogP contribution in [0.15, 0.2) is 328 Å². The van der Waals surface area contributed by atoms with Crippen molar-refractivity contribution in [1.82, 2.24) is 0 Å². The summed E-state index contributed by atoms with van der Waals surface area (Å²) in [6, 6.07) is 127. The Labute approximate surface area is 743 Å². The van der Waals surface area contributed by atoms with Crippen molar-refractivity contribution < 1.29 is 0 Å². The Hall–Kier alpha value is -12.9. The number of nitrogens with zero attached hydrogens (tertiary/aromatic N) is 2. The molecular weight excluding hydrogens is 1510 g/mol. The van der Waals surface area contributed by atoms with E-state index in [0.717, 1.165) is 12.8 Å². The first-order valence-electron chi connectivity index (χ1n) is 45.8. The molecule has 6 aliphatic rings. The molecule has 0 saturated carbocycles. The fourth-order valence-electron chi connectivity index (χ4n) is 22.7. The largest absolute Gasteiger partial charge is 0.310 e. The van der Waals surface area contributed by atoms with Crippen molar-refractivity contribution in [3.63, 3.8) is 0 Å². The summed E-state index contributed by atoms with van der Waals surface area (Å²) in [4.78, 5) is 5.20. The number of benzene rings is 16. The Balaban J connectivity index is 0.000000179. The maximum atomic E-state index is 2.66. The number of anilines is 6. The first kappa shape index (κ1) is 80.5. The average Bonchev–Trinajstić information content (AvgIpc) is 1.57. The molecule has 2 aliphatic heterocycles. The Morgan fingerprint density at radius 3 is 0.776 bits per heavy atom. The summed E-state index contributed by atoms with van der Waals surface area (Å²) >= 11 is 0. The topological polar surface area (TPSA) is 6.48 Å². The highest BCUT2D eigenvalue weighted by atomic mass is 15.2. The van der Waals surface area contributed by atoms with Gasteiger partial charge in [-0.2, -0.15) is 0 Å². The normalized spacial score (nSPS) is 14.9. The van der Waals surface area contributed by atoms with Gasteiger partial charge in [0.25, 0.3) is 0 Å². The minimum atomic E-state index is -0.671. The SMILES string of the molecule is CCCCc1ccc(N2c3ccc(C)cc3C(c3ccc(C)cc3)(c3ccc(C)cc3)c3cc4c(cc32)C(C)(C)c2cc3c(cc2-4)C(c2ccc(C)cc2)(c2ccc(C)cc2)c2cc(C)ccc2N3c2ccc(CCCC)cc2)cc1.Cc1ccc2c(c1)C(C)(C)c1cc(C)ccc1-2.Cc1ccc2c(c1)C1(c3ccccc3-c3ccccc31)c1cc(C)ccc1-2. The molecule has 0 fully saturated rings. The highest BCUT2D eigenvalue weighted by Gasteiger charge is 2.55. The van der Waals surface area contributed by atoms with Gasteiger partial charge in [-0.3, -0.25) is 0 Å². The van der Waals surface area contributed by atoms with Crippen molar-refractivity contribution in [2.75, 3.05) is 9.80 Å². The molecule has 0 saturated heterocycles. The molecule has 2 heteroatoms. The van der Waals surface area contributed by atoms with E-state index < -0.39 is 10.8 Å². The summed E-state index contributed by atoms with van der Waals surface area (Å²) in [6.45, 7) is 36.3. The number of hydrogen-bond donors (Lipinski definition) is 0. The van der Waals surface area contributed by atoms with Crippen molar-refractivity contribution in [2.45, 2.75) is 176 Å². The maximum absolute atomic E-state index is 2.66. The van der Waals surface area contributed by atoms with Crippen molar-refractivity contribution in [2.24, 2.45) is 0 Å². The fourth-order valence-corrected chi connectivity index (χ4v) is 22.7. The molecule has 0 radical (unpaired) electrons. The lowest BCUT2D eigenvalue weighted by molar-refractivity contribution is 0.656. The van der Waals surface area contributed by atoms with E-state index in [4.69, 9.17) is 0 Å². The molecule has 0 bridgehead atoms. The lowest BCUT2D eigenvalue weighted by Crippen LogP contribution is -2.38. The molecule has 125 heavy (non-hydrogen) atoms. The molecule has 2 nitrogen and oxygen atoms in total. The van der Waals surface area contributed by atoms with E-state index in [0.29, 0.717) is 0 Å². The quantitative estimate of drug-likeness (QED) is 0.120. The summed E-state index contributed by atoms with van der Waals surface area (Å²) < 4.78 is 0. The Morgan fingerprint density at radius 1 is 0.200 bits per heavy atom. The Kier molecular flexibility index (Phi) is 19.8. The first-order valence-corrected chi connectivity index (χ1v) is 45.8. The minimum Gasteiger partial charge on any atom is -0.310 e. The molecule has 0 amide bonds. The number of unbranched alkanes of at least 4 members (excludes halogenated alkanes) is 2. The van der Waals surface area contributed by atoms with E-state index in [1.807, 2.05) is 0 Å². The predicted octanol–water partition coefficient (Wildman–Crippen LogP) is 32.1. The average molecular weight is 1620 g/mol. The van der Waals surface area contributed by atoms with Crippen LogP contribution in [0.5, 0.6) is 0 Å². The number of rotatable bonds is 12. The van der Waals surface area contributed by atoms with E-state index in [9.17, 15) is 0 Å². The maximum Gasteiger partial charge on any atom is 0.0742 e. The van der Waals surface area contributed by atoms with Gasteiger partial charge in [0, 0.05) is 22.2 Å². The van der Waals surface area contributed by atoms with Crippen LogP contribution < -0.4 is 9.80 Å². The lowest BCUT2D eigenvalue weighted by atomic mass is 9.61.